The largest absolute Gasteiger partial charge is 0.467 e. The molecule has 132 valence electrons. The van der Waals surface area contributed by atoms with E-state index in [4.69, 9.17) is 9.47 Å². The van der Waals surface area contributed by atoms with Crippen molar-refractivity contribution in [3.8, 4) is 5.75 Å². The highest BCUT2D eigenvalue weighted by Crippen LogP contribution is 2.47. The average molecular weight is 328 g/mol. The smallest absolute Gasteiger partial charge is 0.188 e. The van der Waals surface area contributed by atoms with Crippen molar-refractivity contribution in [2.45, 2.75) is 65.7 Å². The molecule has 0 N–H and O–H groups in total. The van der Waals surface area contributed by atoms with Crippen molar-refractivity contribution >= 4 is 0 Å². The minimum atomic E-state index is 0.316. The van der Waals surface area contributed by atoms with Crippen molar-refractivity contribution in [1.82, 2.24) is 0 Å². The molecule has 0 fully saturated rings. The summed E-state index contributed by atoms with van der Waals surface area (Å²) < 4.78 is 11.0. The molecule has 0 aliphatic heterocycles. The number of hydrogen-bond donors (Lipinski definition) is 0. The maximum absolute atomic E-state index is 5.89. The Balaban J connectivity index is 1.97. The number of ether oxygens (including phenoxy) is 2. The molecule has 2 heteroatoms. The maximum atomic E-state index is 5.89. The van der Waals surface area contributed by atoms with Gasteiger partial charge in [0.25, 0.3) is 0 Å². The molecule has 0 bridgehead atoms. The fourth-order valence-electron chi connectivity index (χ4n) is 4.52. The van der Waals surface area contributed by atoms with Gasteiger partial charge in [-0.1, -0.05) is 45.4 Å². The van der Waals surface area contributed by atoms with Gasteiger partial charge in [-0.05, 0) is 72.1 Å². The predicted octanol–water partition coefficient (Wildman–Crippen LogP) is 5.64. The minimum Gasteiger partial charge on any atom is -0.467 e. The molecule has 2 nitrogen and oxygen atoms in total. The van der Waals surface area contributed by atoms with Crippen LogP contribution in [0.5, 0.6) is 5.75 Å². The summed E-state index contributed by atoms with van der Waals surface area (Å²) in [5, 5.41) is 0. The first-order valence-corrected chi connectivity index (χ1v) is 9.38. The van der Waals surface area contributed by atoms with E-state index in [1.54, 1.807) is 12.7 Å². The van der Waals surface area contributed by atoms with Crippen LogP contribution in [0.2, 0.25) is 0 Å². The van der Waals surface area contributed by atoms with Gasteiger partial charge in [-0.2, -0.15) is 0 Å². The van der Waals surface area contributed by atoms with Crippen LogP contribution in [0, 0.1) is 11.3 Å². The third-order valence-electron chi connectivity index (χ3n) is 5.97. The van der Waals surface area contributed by atoms with Crippen LogP contribution in [0.25, 0.3) is 0 Å². The molecule has 3 rings (SSSR count). The molecule has 0 radical (unpaired) electrons. The molecule has 1 atom stereocenters. The summed E-state index contributed by atoms with van der Waals surface area (Å²) in [5.74, 6) is 2.19. The first-order chi connectivity index (χ1) is 11.4. The second-order valence-corrected chi connectivity index (χ2v) is 8.44. The van der Waals surface area contributed by atoms with Crippen molar-refractivity contribution in [1.29, 1.82) is 0 Å². The molecule has 2 aliphatic carbocycles. The van der Waals surface area contributed by atoms with E-state index >= 15 is 0 Å². The molecule has 0 spiro atoms. The highest BCUT2D eigenvalue weighted by atomic mass is 16.7. The zero-order valence-electron chi connectivity index (χ0n) is 15.9. The zero-order chi connectivity index (χ0) is 17.3. The molecule has 0 saturated carbocycles. The Morgan fingerprint density at radius 2 is 2.00 bits per heavy atom. The van der Waals surface area contributed by atoms with Gasteiger partial charge in [-0.15, -0.1) is 0 Å². The first-order valence-electron chi connectivity index (χ1n) is 9.38. The lowest BCUT2D eigenvalue weighted by atomic mass is 9.66. The van der Waals surface area contributed by atoms with Gasteiger partial charge in [0.15, 0.2) is 6.79 Å². The summed E-state index contributed by atoms with van der Waals surface area (Å²) in [4.78, 5) is 0. The van der Waals surface area contributed by atoms with Crippen LogP contribution in [-0.2, 0) is 17.6 Å². The quantitative estimate of drug-likeness (QED) is 0.525. The van der Waals surface area contributed by atoms with E-state index in [1.807, 2.05) is 0 Å². The Bertz CT molecular complexity index is 625. The molecular weight excluding hydrogens is 296 g/mol. The van der Waals surface area contributed by atoms with Crippen LogP contribution in [-0.4, -0.2) is 13.9 Å². The van der Waals surface area contributed by atoms with E-state index in [2.05, 4.69) is 45.9 Å². The van der Waals surface area contributed by atoms with E-state index in [1.165, 1.54) is 42.4 Å². The summed E-state index contributed by atoms with van der Waals surface area (Å²) >= 11 is 0. The number of methoxy groups -OCH3 is 1. The Hall–Kier alpha value is -1.28. The van der Waals surface area contributed by atoms with E-state index in [0.717, 1.165) is 18.1 Å². The van der Waals surface area contributed by atoms with Crippen molar-refractivity contribution in [3.05, 3.63) is 40.5 Å². The predicted molar refractivity (Wildman–Crippen MR) is 99.6 cm³/mol. The molecule has 0 amide bonds. The van der Waals surface area contributed by atoms with Crippen molar-refractivity contribution in [2.24, 2.45) is 11.3 Å². The van der Waals surface area contributed by atoms with Crippen LogP contribution in [0.15, 0.2) is 23.8 Å². The van der Waals surface area contributed by atoms with Gasteiger partial charge in [-0.3, -0.25) is 0 Å². The van der Waals surface area contributed by atoms with Gasteiger partial charge < -0.3 is 9.47 Å². The third kappa shape index (κ3) is 3.39. The van der Waals surface area contributed by atoms with Crippen molar-refractivity contribution in [3.63, 3.8) is 0 Å². The van der Waals surface area contributed by atoms with Crippen LogP contribution in [0.3, 0.4) is 0 Å². The summed E-state index contributed by atoms with van der Waals surface area (Å²) in [5.41, 5.74) is 6.37. The Morgan fingerprint density at radius 3 is 2.71 bits per heavy atom. The highest BCUT2D eigenvalue weighted by Gasteiger charge is 2.36. The lowest BCUT2D eigenvalue weighted by molar-refractivity contribution is 0.0502. The maximum Gasteiger partial charge on any atom is 0.188 e. The van der Waals surface area contributed by atoms with Gasteiger partial charge in [0.05, 0.1) is 0 Å². The summed E-state index contributed by atoms with van der Waals surface area (Å²) in [6.45, 7) is 9.70. The molecule has 1 aromatic carbocycles. The van der Waals surface area contributed by atoms with Crippen LogP contribution in [0.4, 0.5) is 0 Å². The van der Waals surface area contributed by atoms with E-state index < -0.39 is 0 Å². The summed E-state index contributed by atoms with van der Waals surface area (Å²) in [6, 6.07) is 4.68. The number of fused-ring (bicyclic) bond motifs is 2. The molecule has 24 heavy (non-hydrogen) atoms. The van der Waals surface area contributed by atoms with Crippen LogP contribution < -0.4 is 4.74 Å². The van der Waals surface area contributed by atoms with Gasteiger partial charge >= 0.3 is 0 Å². The van der Waals surface area contributed by atoms with Gasteiger partial charge in [-0.25, -0.2) is 0 Å². The van der Waals surface area contributed by atoms with Gasteiger partial charge in [0.1, 0.15) is 5.75 Å². The Morgan fingerprint density at radius 1 is 1.21 bits per heavy atom. The van der Waals surface area contributed by atoms with Gasteiger partial charge in [0, 0.05) is 7.11 Å². The topological polar surface area (TPSA) is 18.5 Å². The van der Waals surface area contributed by atoms with Gasteiger partial charge in [0.2, 0.25) is 0 Å². The lowest BCUT2D eigenvalue weighted by Crippen LogP contribution is -2.29. The normalized spacial score (nSPS) is 22.4. The van der Waals surface area contributed by atoms with Crippen molar-refractivity contribution in [2.75, 3.05) is 13.9 Å². The van der Waals surface area contributed by atoms with Crippen LogP contribution in [0.1, 0.15) is 69.6 Å². The fraction of sp³-hybridized carbons (Fsp3) is 0.636. The molecule has 0 heterocycles. The summed E-state index contributed by atoms with van der Waals surface area (Å²) in [7, 11) is 1.68. The van der Waals surface area contributed by atoms with E-state index in [-0.39, 0.29) is 0 Å². The molecule has 2 aliphatic rings. The standard InChI is InChI=1S/C22H32O2/c1-15(2)19-12-16-8-9-20-17(7-6-10-22(20,3)4)11-18(16)13-21(19)24-14-23-5/h7,12-13,15,20H,6,8-11,14H2,1-5H3/t20-/m1/s1. The summed E-state index contributed by atoms with van der Waals surface area (Å²) in [6.07, 6.45) is 8.61. The molecule has 0 saturated heterocycles. The van der Waals surface area contributed by atoms with E-state index in [9.17, 15) is 0 Å². The minimum absolute atomic E-state index is 0.316. The monoisotopic (exact) mass is 328 g/mol. The molecule has 0 unspecified atom stereocenters. The number of rotatable bonds is 4. The Labute approximate surface area is 147 Å². The third-order valence-corrected chi connectivity index (χ3v) is 5.97. The number of benzene rings is 1. The zero-order valence-corrected chi connectivity index (χ0v) is 15.9. The number of hydrogen-bond acceptors (Lipinski definition) is 2. The fourth-order valence-corrected chi connectivity index (χ4v) is 4.52. The van der Waals surface area contributed by atoms with Crippen LogP contribution >= 0.6 is 0 Å². The second kappa shape index (κ2) is 6.92. The van der Waals surface area contributed by atoms with Crippen molar-refractivity contribution < 1.29 is 9.47 Å². The molecule has 1 aromatic rings. The second-order valence-electron chi connectivity index (χ2n) is 8.44. The molecular formula is C22H32O2. The SMILES string of the molecule is COCOc1cc2c(cc1C(C)C)CC[C@@H]1C(=CCCC1(C)C)C2. The number of aryl methyl sites for hydroxylation is 1. The molecule has 0 aromatic heterocycles. The van der Waals surface area contributed by atoms with E-state index in [0.29, 0.717) is 18.1 Å². The highest BCUT2D eigenvalue weighted by molar-refractivity contribution is 5.47. The first kappa shape index (κ1) is 17.5. The average Bonchev–Trinajstić information content (AvgIpc) is 2.71. The number of allylic oxidation sites excluding steroid dienone is 2. The lowest BCUT2D eigenvalue weighted by Gasteiger charge is -2.39. The Kier molecular flexibility index (Phi) is 5.05.